The van der Waals surface area contributed by atoms with E-state index in [2.05, 4.69) is 0 Å². The summed E-state index contributed by atoms with van der Waals surface area (Å²) < 4.78 is 115. The van der Waals surface area contributed by atoms with Gasteiger partial charge >= 0.3 is 94.6 Å². The first-order valence-corrected chi connectivity index (χ1v) is 15.7. The average molecular weight is 671 g/mol. The van der Waals surface area contributed by atoms with Crippen molar-refractivity contribution >= 4 is 68.6 Å². The van der Waals surface area contributed by atoms with Crippen LogP contribution >= 0.6 is 0 Å². The van der Waals surface area contributed by atoms with Gasteiger partial charge in [0.1, 0.15) is 36.1 Å². The summed E-state index contributed by atoms with van der Waals surface area (Å²) in [7, 11) is -15.9. The Morgan fingerprint density at radius 1 is 0.651 bits per heavy atom. The zero-order valence-corrected chi connectivity index (χ0v) is 31.8. The minimum atomic E-state index is -5.34. The average Bonchev–Trinajstić information content (AvgIpc) is 2.86. The SMILES string of the molecule is C[C@@H](CC(=O)Oc1cc(S(=O)(=O)[O-])c2ccc3c(S(=O)(=O)[O-])cc(S(=O)(=O)[O-])c4ccc1c2c43)c1ccccc1.[Na+].[Na+].[Na+]. The van der Waals surface area contributed by atoms with Crippen molar-refractivity contribution in [1.29, 1.82) is 0 Å². The number of esters is 1. The molecule has 0 aromatic heterocycles. The van der Waals surface area contributed by atoms with Crippen molar-refractivity contribution in [3.05, 3.63) is 72.3 Å². The van der Waals surface area contributed by atoms with Crippen molar-refractivity contribution in [1.82, 2.24) is 0 Å². The Balaban J connectivity index is 0.00000215. The Bertz CT molecular complexity index is 2120. The van der Waals surface area contributed by atoms with Gasteiger partial charge in [-0.25, -0.2) is 25.3 Å². The summed E-state index contributed by atoms with van der Waals surface area (Å²) in [6, 6.07) is 14.8. The van der Waals surface area contributed by atoms with Crippen LogP contribution in [0.25, 0.3) is 32.3 Å². The van der Waals surface area contributed by atoms with Gasteiger partial charge in [-0.3, -0.25) is 4.79 Å². The second-order valence-corrected chi connectivity index (χ2v) is 13.2. The second-order valence-electron chi connectivity index (χ2n) is 9.17. The van der Waals surface area contributed by atoms with Crippen LogP contribution in [0.3, 0.4) is 0 Å². The first-order valence-electron chi connectivity index (χ1n) is 11.5. The number of hydrogen-bond donors (Lipinski definition) is 0. The smallest absolute Gasteiger partial charge is 0.744 e. The first-order chi connectivity index (χ1) is 18.6. The number of benzene rings is 5. The van der Waals surface area contributed by atoms with Gasteiger partial charge in [0.2, 0.25) is 0 Å². The van der Waals surface area contributed by atoms with Gasteiger partial charge in [-0.05, 0) is 29.7 Å². The van der Waals surface area contributed by atoms with Crippen LogP contribution in [-0.4, -0.2) is 44.9 Å². The fourth-order valence-corrected chi connectivity index (χ4v) is 7.05. The first kappa shape index (κ1) is 38.5. The monoisotopic (exact) mass is 670 g/mol. The Hall–Kier alpha value is -0.660. The van der Waals surface area contributed by atoms with Crippen LogP contribution in [0.4, 0.5) is 0 Å². The predicted octanol–water partition coefficient (Wildman–Crippen LogP) is -5.59. The van der Waals surface area contributed by atoms with E-state index in [1.807, 2.05) is 0 Å². The Kier molecular flexibility index (Phi) is 12.5. The fraction of sp³-hybridized carbons (Fsp3) is 0.115. The van der Waals surface area contributed by atoms with E-state index in [-0.39, 0.29) is 139 Å². The Labute approximate surface area is 313 Å². The molecule has 208 valence electrons. The van der Waals surface area contributed by atoms with Gasteiger partial charge < -0.3 is 18.4 Å². The second kappa shape index (κ2) is 14.0. The van der Waals surface area contributed by atoms with Crippen LogP contribution in [0.1, 0.15) is 24.8 Å². The third-order valence-corrected chi connectivity index (χ3v) is 9.25. The molecule has 43 heavy (non-hydrogen) atoms. The van der Waals surface area contributed by atoms with E-state index in [0.29, 0.717) is 6.07 Å². The summed E-state index contributed by atoms with van der Waals surface area (Å²) in [5, 5.41) is -1.33. The van der Waals surface area contributed by atoms with E-state index >= 15 is 0 Å². The summed E-state index contributed by atoms with van der Waals surface area (Å²) in [6.45, 7) is 1.77. The molecule has 1 atom stereocenters. The van der Waals surface area contributed by atoms with Crippen LogP contribution in [0, 0.1) is 0 Å². The maximum atomic E-state index is 12.9. The van der Waals surface area contributed by atoms with Gasteiger partial charge in [-0.2, -0.15) is 0 Å². The molecule has 0 saturated carbocycles. The predicted molar refractivity (Wildman–Crippen MR) is 139 cm³/mol. The van der Waals surface area contributed by atoms with E-state index in [1.54, 1.807) is 37.3 Å². The summed E-state index contributed by atoms with van der Waals surface area (Å²) in [5.41, 5.74) is 0.829. The van der Waals surface area contributed by atoms with Crippen LogP contribution in [0.2, 0.25) is 0 Å². The summed E-state index contributed by atoms with van der Waals surface area (Å²) in [6.07, 6.45) is -0.136. The van der Waals surface area contributed by atoms with Crippen LogP contribution in [0.15, 0.2) is 81.4 Å². The molecule has 0 aliphatic heterocycles. The van der Waals surface area contributed by atoms with E-state index in [4.69, 9.17) is 4.74 Å². The molecule has 0 aliphatic rings. The maximum absolute atomic E-state index is 12.9. The van der Waals surface area contributed by atoms with E-state index in [9.17, 15) is 43.7 Å². The molecule has 0 saturated heterocycles. The molecular formula is C26H17Na3O11S3. The molecule has 5 aromatic rings. The summed E-state index contributed by atoms with van der Waals surface area (Å²) in [5.74, 6) is -1.46. The maximum Gasteiger partial charge on any atom is 1.00 e. The molecule has 5 rings (SSSR count). The van der Waals surface area contributed by atoms with Crippen LogP contribution < -0.4 is 93.4 Å². The van der Waals surface area contributed by atoms with Crippen LogP contribution in [0.5, 0.6) is 5.75 Å². The van der Waals surface area contributed by atoms with Crippen molar-refractivity contribution in [2.75, 3.05) is 0 Å². The number of ether oxygens (including phenoxy) is 1. The van der Waals surface area contributed by atoms with Gasteiger partial charge in [0.15, 0.2) is 0 Å². The molecule has 0 spiro atoms. The standard InChI is InChI=1S/C26H20O11S3.3Na/c1-14(15-5-3-2-4-6-15)11-24(27)37-20-12-21(38(28,29)30)17-9-10-19-23(40(34,35)36)13-22(39(31,32)33)18-8-7-16(20)25(17)26(18)19;;;/h2-10,12-14H,11H2,1H3,(H,28,29,30)(H,31,32,33)(H,34,35,36);;;/q;3*+1/p-3/t14-;;;/m0.../s1. The molecule has 5 aromatic carbocycles. The van der Waals surface area contributed by atoms with Gasteiger partial charge in [0.25, 0.3) is 0 Å². The van der Waals surface area contributed by atoms with Gasteiger partial charge in [-0.15, -0.1) is 0 Å². The minimum Gasteiger partial charge on any atom is -0.744 e. The molecule has 0 radical (unpaired) electrons. The normalized spacial score (nSPS) is 12.7. The van der Waals surface area contributed by atoms with E-state index < -0.39 is 51.0 Å². The molecule has 17 heteroatoms. The van der Waals surface area contributed by atoms with Gasteiger partial charge in [0.05, 0.1) is 21.1 Å². The Morgan fingerprint density at radius 2 is 1.05 bits per heavy atom. The molecule has 0 N–H and O–H groups in total. The topological polar surface area (TPSA) is 198 Å². The molecule has 0 amide bonds. The minimum absolute atomic E-state index is 0. The Morgan fingerprint density at radius 3 is 1.49 bits per heavy atom. The third-order valence-electron chi connectivity index (χ3n) is 6.62. The van der Waals surface area contributed by atoms with Gasteiger partial charge in [0, 0.05) is 32.3 Å². The summed E-state index contributed by atoms with van der Waals surface area (Å²) >= 11 is 0. The van der Waals surface area contributed by atoms with Gasteiger partial charge in [-0.1, -0.05) is 55.5 Å². The molecule has 0 heterocycles. The zero-order chi connectivity index (χ0) is 29.2. The molecule has 11 nitrogen and oxygen atoms in total. The number of carbonyl (C=O) groups excluding carboxylic acids is 1. The molecule has 0 unspecified atom stereocenters. The largest absolute Gasteiger partial charge is 1.00 e. The van der Waals surface area contributed by atoms with Crippen molar-refractivity contribution in [2.24, 2.45) is 0 Å². The van der Waals surface area contributed by atoms with Crippen molar-refractivity contribution in [3.8, 4) is 5.75 Å². The van der Waals surface area contributed by atoms with E-state index in [1.165, 1.54) is 6.07 Å². The van der Waals surface area contributed by atoms with Crippen molar-refractivity contribution in [3.63, 3.8) is 0 Å². The van der Waals surface area contributed by atoms with Crippen molar-refractivity contribution < 1.29 is 137 Å². The zero-order valence-electron chi connectivity index (χ0n) is 23.4. The third kappa shape index (κ3) is 7.67. The number of hydrogen-bond acceptors (Lipinski definition) is 11. The number of rotatable bonds is 7. The molecule has 0 aliphatic carbocycles. The molecule has 0 fully saturated rings. The van der Waals surface area contributed by atoms with Crippen LogP contribution in [-0.2, 0) is 35.1 Å². The van der Waals surface area contributed by atoms with Crippen molar-refractivity contribution in [2.45, 2.75) is 33.9 Å². The fourth-order valence-electron chi connectivity index (χ4n) is 4.88. The molecular weight excluding hydrogens is 653 g/mol. The van der Waals surface area contributed by atoms with E-state index in [0.717, 1.165) is 29.8 Å². The summed E-state index contributed by atoms with van der Waals surface area (Å²) in [4.78, 5) is 9.99. The number of carbonyl (C=O) groups is 1. The molecule has 0 bridgehead atoms. The quantitative estimate of drug-likeness (QED) is 0.0526.